The third kappa shape index (κ3) is 3.42. The minimum Gasteiger partial charge on any atom is -0.381 e. The largest absolute Gasteiger partial charge is 0.381 e. The van der Waals surface area contributed by atoms with Gasteiger partial charge in [0.15, 0.2) is 0 Å². The van der Waals surface area contributed by atoms with Crippen molar-refractivity contribution in [2.45, 2.75) is 19.4 Å². The highest BCUT2D eigenvalue weighted by atomic mass is 19.1. The van der Waals surface area contributed by atoms with Crippen molar-refractivity contribution in [2.75, 3.05) is 11.9 Å². The van der Waals surface area contributed by atoms with E-state index in [0.29, 0.717) is 12.2 Å². The monoisotopic (exact) mass is 182 g/mol. The molecule has 1 rings (SSSR count). The molecule has 0 fully saturated rings. The molecule has 0 heterocycles. The lowest BCUT2D eigenvalue weighted by Gasteiger charge is -2.19. The smallest absolute Gasteiger partial charge is 0.146 e. The van der Waals surface area contributed by atoms with Crippen LogP contribution in [0.2, 0.25) is 0 Å². The molecule has 0 spiro atoms. The van der Waals surface area contributed by atoms with Gasteiger partial charge in [-0.1, -0.05) is 12.1 Å². The van der Waals surface area contributed by atoms with Crippen molar-refractivity contribution in [2.24, 2.45) is 5.73 Å². The molecule has 0 aliphatic carbocycles. The lowest BCUT2D eigenvalue weighted by molar-refractivity contribution is 0.546. The normalized spacial score (nSPS) is 11.4. The number of nitrogens with two attached hydrogens (primary N) is 1. The number of nitrogens with one attached hydrogen (secondary N) is 1. The van der Waals surface area contributed by atoms with Crippen LogP contribution >= 0.6 is 0 Å². The average Bonchev–Trinajstić information content (AvgIpc) is 2.01. The molecule has 3 N–H and O–H groups in total. The van der Waals surface area contributed by atoms with Gasteiger partial charge < -0.3 is 11.1 Å². The Morgan fingerprint density at radius 3 is 2.54 bits per heavy atom. The van der Waals surface area contributed by atoms with Crippen molar-refractivity contribution in [1.82, 2.24) is 0 Å². The molecule has 72 valence electrons. The summed E-state index contributed by atoms with van der Waals surface area (Å²) in [6.07, 6.45) is 0. The summed E-state index contributed by atoms with van der Waals surface area (Å²) in [5.74, 6) is -0.244. The van der Waals surface area contributed by atoms with E-state index in [9.17, 15) is 4.39 Å². The van der Waals surface area contributed by atoms with Crippen LogP contribution in [-0.4, -0.2) is 12.1 Å². The van der Waals surface area contributed by atoms with Gasteiger partial charge in [-0.05, 0) is 26.0 Å². The van der Waals surface area contributed by atoms with Crippen LogP contribution in [0.4, 0.5) is 10.1 Å². The number of hydrogen-bond donors (Lipinski definition) is 2. The highest BCUT2D eigenvalue weighted by Gasteiger charge is 2.10. The summed E-state index contributed by atoms with van der Waals surface area (Å²) >= 11 is 0. The lowest BCUT2D eigenvalue weighted by atomic mass is 10.1. The molecular weight excluding hydrogens is 167 g/mol. The van der Waals surface area contributed by atoms with Crippen LogP contribution in [0.3, 0.4) is 0 Å². The van der Waals surface area contributed by atoms with Crippen LogP contribution in [0, 0.1) is 5.82 Å². The molecule has 1 aromatic carbocycles. The Morgan fingerprint density at radius 1 is 1.38 bits per heavy atom. The maximum absolute atomic E-state index is 13.1. The van der Waals surface area contributed by atoms with E-state index in [2.05, 4.69) is 5.32 Å². The molecule has 0 bridgehead atoms. The molecule has 0 saturated carbocycles. The first-order chi connectivity index (χ1) is 5.99. The van der Waals surface area contributed by atoms with Crippen LogP contribution in [-0.2, 0) is 0 Å². The quantitative estimate of drug-likeness (QED) is 0.750. The maximum Gasteiger partial charge on any atom is 0.146 e. The highest BCUT2D eigenvalue weighted by molar-refractivity contribution is 5.44. The van der Waals surface area contributed by atoms with Gasteiger partial charge in [-0.15, -0.1) is 0 Å². The molecule has 2 nitrogen and oxygen atoms in total. The minimum absolute atomic E-state index is 0.244. The van der Waals surface area contributed by atoms with Crippen molar-refractivity contribution in [3.05, 3.63) is 30.1 Å². The summed E-state index contributed by atoms with van der Waals surface area (Å²) in [6.45, 7) is 4.33. The first-order valence-electron chi connectivity index (χ1n) is 4.26. The van der Waals surface area contributed by atoms with E-state index in [1.165, 1.54) is 6.07 Å². The van der Waals surface area contributed by atoms with E-state index in [1.54, 1.807) is 18.2 Å². The van der Waals surface area contributed by atoms with Crippen molar-refractivity contribution in [1.29, 1.82) is 0 Å². The Hall–Kier alpha value is -1.09. The third-order valence-electron chi connectivity index (χ3n) is 1.61. The maximum atomic E-state index is 13.1. The topological polar surface area (TPSA) is 38.0 Å². The van der Waals surface area contributed by atoms with Crippen molar-refractivity contribution in [3.8, 4) is 0 Å². The second-order valence-corrected chi connectivity index (χ2v) is 3.82. The predicted octanol–water partition coefficient (Wildman–Crippen LogP) is 1.97. The molecule has 0 radical (unpaired) electrons. The predicted molar refractivity (Wildman–Crippen MR) is 53.2 cm³/mol. The van der Waals surface area contributed by atoms with Gasteiger partial charge in [-0.3, -0.25) is 0 Å². The van der Waals surface area contributed by atoms with Gasteiger partial charge >= 0.3 is 0 Å². The van der Waals surface area contributed by atoms with Crippen LogP contribution in [0.25, 0.3) is 0 Å². The van der Waals surface area contributed by atoms with Gasteiger partial charge in [0.1, 0.15) is 5.82 Å². The SMILES string of the molecule is CC(C)(N)CNc1ccccc1F. The fourth-order valence-electron chi connectivity index (χ4n) is 0.928. The van der Waals surface area contributed by atoms with Crippen LogP contribution in [0.15, 0.2) is 24.3 Å². The average molecular weight is 182 g/mol. The van der Waals surface area contributed by atoms with Gasteiger partial charge in [0.25, 0.3) is 0 Å². The zero-order chi connectivity index (χ0) is 9.90. The number of rotatable bonds is 3. The Kier molecular flexibility index (Phi) is 2.88. The van der Waals surface area contributed by atoms with E-state index in [0.717, 1.165) is 0 Å². The fourth-order valence-corrected chi connectivity index (χ4v) is 0.928. The number of hydrogen-bond acceptors (Lipinski definition) is 2. The second kappa shape index (κ2) is 3.75. The molecule has 0 aliphatic heterocycles. The first-order valence-corrected chi connectivity index (χ1v) is 4.26. The summed E-state index contributed by atoms with van der Waals surface area (Å²) < 4.78 is 13.1. The number of halogens is 1. The van der Waals surface area contributed by atoms with E-state index in [4.69, 9.17) is 5.73 Å². The molecule has 3 heteroatoms. The summed E-state index contributed by atoms with van der Waals surface area (Å²) in [7, 11) is 0. The Labute approximate surface area is 77.9 Å². The van der Waals surface area contributed by atoms with Gasteiger partial charge in [0, 0.05) is 12.1 Å². The minimum atomic E-state index is -0.331. The molecular formula is C10H15FN2. The van der Waals surface area contributed by atoms with E-state index in [1.807, 2.05) is 13.8 Å². The molecule has 0 aliphatic rings. The standard InChI is InChI=1S/C10H15FN2/c1-10(2,12)7-13-9-6-4-3-5-8(9)11/h3-6,13H,7,12H2,1-2H3. The van der Waals surface area contributed by atoms with E-state index < -0.39 is 0 Å². The zero-order valence-electron chi connectivity index (χ0n) is 7.97. The molecule has 0 aromatic heterocycles. The van der Waals surface area contributed by atoms with Crippen LogP contribution in [0.5, 0.6) is 0 Å². The Bertz CT molecular complexity index is 278. The van der Waals surface area contributed by atoms with Crippen LogP contribution < -0.4 is 11.1 Å². The molecule has 0 amide bonds. The van der Waals surface area contributed by atoms with Gasteiger partial charge in [-0.25, -0.2) is 4.39 Å². The lowest BCUT2D eigenvalue weighted by Crippen LogP contribution is -2.39. The summed E-state index contributed by atoms with van der Waals surface area (Å²) in [4.78, 5) is 0. The van der Waals surface area contributed by atoms with Crippen LogP contribution in [0.1, 0.15) is 13.8 Å². The Morgan fingerprint density at radius 2 is 2.00 bits per heavy atom. The second-order valence-electron chi connectivity index (χ2n) is 3.82. The summed E-state index contributed by atoms with van der Waals surface area (Å²) in [5.41, 5.74) is 5.92. The number of benzene rings is 1. The molecule has 1 aromatic rings. The first kappa shape index (κ1) is 9.99. The van der Waals surface area contributed by atoms with Gasteiger partial charge in [-0.2, -0.15) is 0 Å². The van der Waals surface area contributed by atoms with Crippen molar-refractivity contribution in [3.63, 3.8) is 0 Å². The molecule has 0 unspecified atom stereocenters. The molecule has 0 saturated heterocycles. The summed E-state index contributed by atoms with van der Waals surface area (Å²) in [6, 6.07) is 6.57. The Balaban J connectivity index is 2.60. The van der Waals surface area contributed by atoms with Gasteiger partial charge in [0.2, 0.25) is 0 Å². The number of anilines is 1. The highest BCUT2D eigenvalue weighted by Crippen LogP contribution is 2.12. The van der Waals surface area contributed by atoms with E-state index in [-0.39, 0.29) is 11.4 Å². The van der Waals surface area contributed by atoms with Crippen molar-refractivity contribution >= 4 is 5.69 Å². The zero-order valence-corrected chi connectivity index (χ0v) is 7.97. The molecule has 0 atom stereocenters. The third-order valence-corrected chi connectivity index (χ3v) is 1.61. The van der Waals surface area contributed by atoms with Crippen molar-refractivity contribution < 1.29 is 4.39 Å². The fraction of sp³-hybridized carbons (Fsp3) is 0.400. The van der Waals surface area contributed by atoms with Gasteiger partial charge in [0.05, 0.1) is 5.69 Å². The van der Waals surface area contributed by atoms with E-state index >= 15 is 0 Å². The molecule has 13 heavy (non-hydrogen) atoms. The summed E-state index contributed by atoms with van der Waals surface area (Å²) in [5, 5.41) is 2.95. The number of para-hydroxylation sites is 1.